The van der Waals surface area contributed by atoms with Crippen molar-refractivity contribution in [3.63, 3.8) is 0 Å². The molecule has 0 heterocycles. The molecule has 1 unspecified atom stereocenters. The number of carbonyl (C=O) groups excluding carboxylic acids is 1. The number of aliphatic hydroxyl groups is 1. The van der Waals surface area contributed by atoms with Crippen LogP contribution in [0.3, 0.4) is 0 Å². The van der Waals surface area contributed by atoms with Crippen molar-refractivity contribution >= 4 is 5.97 Å². The SMILES string of the molecule is CCCCCCCCCC(O)CC(=O)[O-].[Na+]. The van der Waals surface area contributed by atoms with Gasteiger partial charge in [-0.3, -0.25) is 0 Å². The van der Waals surface area contributed by atoms with Crippen LogP contribution in [0.2, 0.25) is 0 Å². The summed E-state index contributed by atoms with van der Waals surface area (Å²) in [5.41, 5.74) is 0. The molecule has 0 aromatic heterocycles. The van der Waals surface area contributed by atoms with Crippen LogP contribution < -0.4 is 34.7 Å². The van der Waals surface area contributed by atoms with Crippen LogP contribution >= 0.6 is 0 Å². The number of carboxylic acids is 1. The summed E-state index contributed by atoms with van der Waals surface area (Å²) in [7, 11) is 0. The van der Waals surface area contributed by atoms with Crippen LogP contribution in [0.5, 0.6) is 0 Å². The van der Waals surface area contributed by atoms with Crippen LogP contribution in [0.4, 0.5) is 0 Å². The average Bonchev–Trinajstić information content (AvgIpc) is 2.15. The Kier molecular flexibility index (Phi) is 15.8. The van der Waals surface area contributed by atoms with Crippen molar-refractivity contribution in [3.8, 4) is 0 Å². The molecular weight excluding hydrogens is 215 g/mol. The Balaban J connectivity index is 0. The van der Waals surface area contributed by atoms with E-state index >= 15 is 0 Å². The second-order valence-electron chi connectivity index (χ2n) is 4.14. The quantitative estimate of drug-likeness (QED) is 0.377. The van der Waals surface area contributed by atoms with E-state index < -0.39 is 12.1 Å². The molecule has 0 rings (SSSR count). The van der Waals surface area contributed by atoms with Crippen LogP contribution in [-0.4, -0.2) is 17.2 Å². The Morgan fingerprint density at radius 2 is 1.62 bits per heavy atom. The van der Waals surface area contributed by atoms with Crippen LogP contribution in [-0.2, 0) is 4.79 Å². The first-order chi connectivity index (χ1) is 7.16. The summed E-state index contributed by atoms with van der Waals surface area (Å²) >= 11 is 0. The molecule has 0 fully saturated rings. The van der Waals surface area contributed by atoms with Gasteiger partial charge in [0.15, 0.2) is 0 Å². The number of unbranched alkanes of at least 4 members (excludes halogenated alkanes) is 6. The summed E-state index contributed by atoms with van der Waals surface area (Å²) in [6.07, 6.45) is 7.94. The monoisotopic (exact) mass is 238 g/mol. The smallest absolute Gasteiger partial charge is 0.550 e. The van der Waals surface area contributed by atoms with E-state index in [2.05, 4.69) is 6.92 Å². The van der Waals surface area contributed by atoms with Gasteiger partial charge in [0.05, 0.1) is 6.10 Å². The van der Waals surface area contributed by atoms with Crippen molar-refractivity contribution in [2.75, 3.05) is 0 Å². The third kappa shape index (κ3) is 14.4. The summed E-state index contributed by atoms with van der Waals surface area (Å²) in [5, 5.41) is 19.4. The fraction of sp³-hybridized carbons (Fsp3) is 0.917. The summed E-state index contributed by atoms with van der Waals surface area (Å²) < 4.78 is 0. The fourth-order valence-electron chi connectivity index (χ4n) is 1.63. The van der Waals surface area contributed by atoms with Gasteiger partial charge in [0, 0.05) is 12.4 Å². The Hall–Kier alpha value is 0.430. The van der Waals surface area contributed by atoms with E-state index in [0.717, 1.165) is 12.8 Å². The minimum absolute atomic E-state index is 0. The first-order valence-corrected chi connectivity index (χ1v) is 6.04. The molecule has 0 radical (unpaired) electrons. The summed E-state index contributed by atoms with van der Waals surface area (Å²) in [6.45, 7) is 2.19. The van der Waals surface area contributed by atoms with Gasteiger partial charge in [-0.2, -0.15) is 0 Å². The number of carboxylic acid groups (broad SMARTS) is 1. The summed E-state index contributed by atoms with van der Waals surface area (Å²) in [5.74, 6) is -1.16. The molecule has 3 nitrogen and oxygen atoms in total. The molecule has 90 valence electrons. The number of hydrogen-bond acceptors (Lipinski definition) is 3. The molecule has 0 aliphatic carbocycles. The van der Waals surface area contributed by atoms with E-state index in [9.17, 15) is 15.0 Å². The van der Waals surface area contributed by atoms with Gasteiger partial charge in [0.1, 0.15) is 0 Å². The van der Waals surface area contributed by atoms with Gasteiger partial charge in [-0.05, 0) is 6.42 Å². The zero-order valence-corrected chi connectivity index (χ0v) is 12.7. The van der Waals surface area contributed by atoms with Crippen LogP contribution in [0.15, 0.2) is 0 Å². The maximum atomic E-state index is 10.1. The predicted molar refractivity (Wildman–Crippen MR) is 58.2 cm³/mol. The van der Waals surface area contributed by atoms with Crippen LogP contribution in [0, 0.1) is 0 Å². The zero-order valence-electron chi connectivity index (χ0n) is 10.7. The average molecular weight is 238 g/mol. The van der Waals surface area contributed by atoms with Crippen LogP contribution in [0.25, 0.3) is 0 Å². The number of aliphatic hydroxyl groups excluding tert-OH is 1. The zero-order chi connectivity index (χ0) is 11.5. The number of rotatable bonds is 10. The third-order valence-corrected chi connectivity index (χ3v) is 2.54. The molecule has 1 atom stereocenters. The van der Waals surface area contributed by atoms with E-state index in [1.807, 2.05) is 0 Å². The van der Waals surface area contributed by atoms with Crippen molar-refractivity contribution < 1.29 is 44.6 Å². The molecule has 0 saturated heterocycles. The number of aliphatic carboxylic acids is 1. The topological polar surface area (TPSA) is 60.4 Å². The van der Waals surface area contributed by atoms with E-state index in [1.165, 1.54) is 32.1 Å². The molecule has 0 bridgehead atoms. The van der Waals surface area contributed by atoms with Crippen molar-refractivity contribution in [1.82, 2.24) is 0 Å². The Bertz CT molecular complexity index is 162. The minimum atomic E-state index is -1.16. The van der Waals surface area contributed by atoms with Crippen molar-refractivity contribution in [2.45, 2.75) is 70.8 Å². The van der Waals surface area contributed by atoms with E-state index in [0.29, 0.717) is 6.42 Å². The van der Waals surface area contributed by atoms with E-state index in [4.69, 9.17) is 0 Å². The van der Waals surface area contributed by atoms with Gasteiger partial charge in [-0.1, -0.05) is 51.9 Å². The molecule has 0 saturated carbocycles. The van der Waals surface area contributed by atoms with Crippen molar-refractivity contribution in [3.05, 3.63) is 0 Å². The largest absolute Gasteiger partial charge is 1.00 e. The first kappa shape index (κ1) is 18.8. The molecule has 1 N–H and O–H groups in total. The molecule has 0 aliphatic rings. The molecular formula is C12H23NaO3. The van der Waals surface area contributed by atoms with Gasteiger partial charge in [0.2, 0.25) is 0 Å². The van der Waals surface area contributed by atoms with Gasteiger partial charge >= 0.3 is 29.6 Å². The summed E-state index contributed by atoms with van der Waals surface area (Å²) in [4.78, 5) is 10.1. The molecule has 0 amide bonds. The molecule has 0 aliphatic heterocycles. The van der Waals surface area contributed by atoms with Gasteiger partial charge in [-0.25, -0.2) is 0 Å². The standard InChI is InChI=1S/C12H24O3.Na/c1-2-3-4-5-6-7-8-9-11(13)10-12(14)15;/h11,13H,2-10H2,1H3,(H,14,15);/q;+1/p-1. The van der Waals surface area contributed by atoms with Gasteiger partial charge in [0.25, 0.3) is 0 Å². The maximum Gasteiger partial charge on any atom is 1.00 e. The molecule has 16 heavy (non-hydrogen) atoms. The normalized spacial score (nSPS) is 11.9. The fourth-order valence-corrected chi connectivity index (χ4v) is 1.63. The molecule has 0 aromatic carbocycles. The van der Waals surface area contributed by atoms with Gasteiger partial charge in [-0.15, -0.1) is 0 Å². The van der Waals surface area contributed by atoms with Gasteiger partial charge < -0.3 is 15.0 Å². The van der Waals surface area contributed by atoms with Crippen LogP contribution in [0.1, 0.15) is 64.7 Å². The van der Waals surface area contributed by atoms with Crippen molar-refractivity contribution in [2.24, 2.45) is 0 Å². The van der Waals surface area contributed by atoms with E-state index in [1.54, 1.807) is 0 Å². The Morgan fingerprint density at radius 1 is 1.12 bits per heavy atom. The minimum Gasteiger partial charge on any atom is -0.550 e. The molecule has 0 spiro atoms. The first-order valence-electron chi connectivity index (χ1n) is 6.04. The second-order valence-corrected chi connectivity index (χ2v) is 4.14. The molecule has 4 heteroatoms. The summed E-state index contributed by atoms with van der Waals surface area (Å²) in [6, 6.07) is 0. The molecule has 0 aromatic rings. The second kappa shape index (κ2) is 13.5. The Morgan fingerprint density at radius 3 is 2.12 bits per heavy atom. The Labute approximate surface area is 121 Å². The number of hydrogen-bond donors (Lipinski definition) is 1. The van der Waals surface area contributed by atoms with Crippen molar-refractivity contribution in [1.29, 1.82) is 0 Å². The third-order valence-electron chi connectivity index (χ3n) is 2.54. The number of carbonyl (C=O) groups is 1. The maximum absolute atomic E-state index is 10.1. The predicted octanol–water partition coefficient (Wildman–Crippen LogP) is -1.37. The van der Waals surface area contributed by atoms with E-state index in [-0.39, 0.29) is 36.0 Å².